The Hall–Kier alpha value is -2.43. The van der Waals surface area contributed by atoms with Crippen LogP contribution < -0.4 is 5.32 Å². The Morgan fingerprint density at radius 3 is 2.55 bits per heavy atom. The smallest absolute Gasteiger partial charge is 0.304 e. The van der Waals surface area contributed by atoms with Crippen LogP contribution in [0.4, 0.5) is 15.8 Å². The minimum atomic E-state index is -0.810. The first kappa shape index (κ1) is 14.0. The number of halogens is 1. The first-order valence-corrected chi connectivity index (χ1v) is 6.21. The Labute approximate surface area is 116 Å². The number of benzene rings is 2. The van der Waals surface area contributed by atoms with E-state index in [0.29, 0.717) is 12.1 Å². The van der Waals surface area contributed by atoms with Crippen molar-refractivity contribution in [1.29, 1.82) is 0 Å². The van der Waals surface area contributed by atoms with Gasteiger partial charge in [-0.3, -0.25) is 10.1 Å². The van der Waals surface area contributed by atoms with Crippen LogP contribution in [0.3, 0.4) is 0 Å². The standard InChI is InChI=1S/C15H15FN2O2/c1-10-3-5-14(11(2)7-10)17-9-12-4-6-15(18(19)20)13(16)8-12/h3-8,17H,9H2,1-2H3. The summed E-state index contributed by atoms with van der Waals surface area (Å²) in [4.78, 5) is 9.81. The maximum absolute atomic E-state index is 13.5. The number of nitrogens with zero attached hydrogens (tertiary/aromatic N) is 1. The van der Waals surface area contributed by atoms with Crippen molar-refractivity contribution in [2.75, 3.05) is 5.32 Å². The van der Waals surface area contributed by atoms with E-state index in [2.05, 4.69) is 11.4 Å². The second-order valence-electron chi connectivity index (χ2n) is 4.71. The van der Waals surface area contributed by atoms with Crippen molar-refractivity contribution in [3.8, 4) is 0 Å². The summed E-state index contributed by atoms with van der Waals surface area (Å²) in [5.74, 6) is -0.810. The first-order valence-electron chi connectivity index (χ1n) is 6.21. The van der Waals surface area contributed by atoms with E-state index in [1.54, 1.807) is 6.07 Å². The highest BCUT2D eigenvalue weighted by Crippen LogP contribution is 2.20. The zero-order valence-electron chi connectivity index (χ0n) is 11.3. The van der Waals surface area contributed by atoms with E-state index >= 15 is 0 Å². The molecule has 2 rings (SSSR count). The van der Waals surface area contributed by atoms with Crippen LogP contribution in [0.1, 0.15) is 16.7 Å². The van der Waals surface area contributed by atoms with Crippen molar-refractivity contribution in [2.24, 2.45) is 0 Å². The van der Waals surface area contributed by atoms with Gasteiger partial charge in [0.05, 0.1) is 4.92 Å². The summed E-state index contributed by atoms with van der Waals surface area (Å²) in [5.41, 5.74) is 3.41. The van der Waals surface area contributed by atoms with E-state index in [4.69, 9.17) is 0 Å². The minimum absolute atomic E-state index is 0.415. The third kappa shape index (κ3) is 3.12. The molecule has 0 aromatic heterocycles. The quantitative estimate of drug-likeness (QED) is 0.678. The summed E-state index contributed by atoms with van der Waals surface area (Å²) < 4.78 is 13.5. The fourth-order valence-corrected chi connectivity index (χ4v) is 2.02. The molecule has 2 aromatic carbocycles. The third-order valence-electron chi connectivity index (χ3n) is 3.07. The molecule has 0 amide bonds. The van der Waals surface area contributed by atoms with Crippen LogP contribution in [0.2, 0.25) is 0 Å². The van der Waals surface area contributed by atoms with E-state index in [0.717, 1.165) is 11.3 Å². The van der Waals surface area contributed by atoms with Gasteiger partial charge in [-0.05, 0) is 37.1 Å². The van der Waals surface area contributed by atoms with Gasteiger partial charge < -0.3 is 5.32 Å². The molecule has 5 heteroatoms. The van der Waals surface area contributed by atoms with E-state index in [1.807, 2.05) is 26.0 Å². The highest BCUT2D eigenvalue weighted by atomic mass is 19.1. The van der Waals surface area contributed by atoms with Gasteiger partial charge in [0.2, 0.25) is 5.82 Å². The van der Waals surface area contributed by atoms with Crippen LogP contribution in [0.15, 0.2) is 36.4 Å². The summed E-state index contributed by atoms with van der Waals surface area (Å²) >= 11 is 0. The second kappa shape index (κ2) is 5.69. The van der Waals surface area contributed by atoms with Gasteiger partial charge in [0.1, 0.15) is 0 Å². The topological polar surface area (TPSA) is 55.2 Å². The summed E-state index contributed by atoms with van der Waals surface area (Å²) in [6.07, 6.45) is 0. The average molecular weight is 274 g/mol. The van der Waals surface area contributed by atoms with Gasteiger partial charge in [-0.25, -0.2) is 0 Å². The lowest BCUT2D eigenvalue weighted by Crippen LogP contribution is -2.02. The van der Waals surface area contributed by atoms with Crippen LogP contribution in [0.5, 0.6) is 0 Å². The predicted molar refractivity (Wildman–Crippen MR) is 76.3 cm³/mol. The molecule has 1 N–H and O–H groups in total. The maximum atomic E-state index is 13.5. The van der Waals surface area contributed by atoms with Crippen LogP contribution in [0.25, 0.3) is 0 Å². The fraction of sp³-hybridized carbons (Fsp3) is 0.200. The molecular weight excluding hydrogens is 259 g/mol. The second-order valence-corrected chi connectivity index (χ2v) is 4.71. The summed E-state index contributed by atoms with van der Waals surface area (Å²) in [7, 11) is 0. The number of nitrogens with one attached hydrogen (secondary N) is 1. The Kier molecular flexibility index (Phi) is 3.98. The van der Waals surface area contributed by atoms with Gasteiger partial charge in [-0.1, -0.05) is 23.8 Å². The van der Waals surface area contributed by atoms with Crippen LogP contribution in [-0.4, -0.2) is 4.92 Å². The zero-order chi connectivity index (χ0) is 14.7. The summed E-state index contributed by atoms with van der Waals surface area (Å²) in [6.45, 7) is 4.42. The summed E-state index contributed by atoms with van der Waals surface area (Å²) in [5, 5.41) is 13.7. The van der Waals surface area contributed by atoms with Crippen LogP contribution in [-0.2, 0) is 6.54 Å². The highest BCUT2D eigenvalue weighted by Gasteiger charge is 2.13. The highest BCUT2D eigenvalue weighted by molar-refractivity contribution is 5.52. The molecule has 0 unspecified atom stereocenters. The van der Waals surface area contributed by atoms with Crippen molar-refractivity contribution in [3.05, 3.63) is 69.0 Å². The van der Waals surface area contributed by atoms with Crippen molar-refractivity contribution in [3.63, 3.8) is 0 Å². The molecule has 0 aliphatic carbocycles. The first-order chi connectivity index (χ1) is 9.47. The molecule has 2 aromatic rings. The van der Waals surface area contributed by atoms with Gasteiger partial charge in [0.15, 0.2) is 0 Å². The molecular formula is C15H15FN2O2. The Morgan fingerprint density at radius 2 is 1.95 bits per heavy atom. The maximum Gasteiger partial charge on any atom is 0.304 e. The Balaban J connectivity index is 2.11. The number of rotatable bonds is 4. The molecule has 4 nitrogen and oxygen atoms in total. The van der Waals surface area contributed by atoms with Gasteiger partial charge >= 0.3 is 5.69 Å². The normalized spacial score (nSPS) is 10.3. The minimum Gasteiger partial charge on any atom is -0.381 e. The molecule has 0 bridgehead atoms. The molecule has 0 spiro atoms. The molecule has 0 atom stereocenters. The number of nitro groups is 1. The lowest BCUT2D eigenvalue weighted by atomic mass is 10.1. The molecule has 0 heterocycles. The molecule has 104 valence electrons. The fourth-order valence-electron chi connectivity index (χ4n) is 2.02. The third-order valence-corrected chi connectivity index (χ3v) is 3.07. The molecule has 0 aliphatic rings. The van der Waals surface area contributed by atoms with Gasteiger partial charge in [0, 0.05) is 18.3 Å². The molecule has 0 aliphatic heterocycles. The van der Waals surface area contributed by atoms with Crippen LogP contribution in [0, 0.1) is 29.8 Å². The number of aryl methyl sites for hydroxylation is 2. The number of nitro benzene ring substituents is 1. The lowest BCUT2D eigenvalue weighted by molar-refractivity contribution is -0.387. The molecule has 0 fully saturated rings. The molecule has 0 saturated heterocycles. The van der Waals surface area contributed by atoms with Gasteiger partial charge in [-0.15, -0.1) is 0 Å². The summed E-state index contributed by atoms with van der Waals surface area (Å²) in [6, 6.07) is 9.94. The van der Waals surface area contributed by atoms with Gasteiger partial charge in [0.25, 0.3) is 0 Å². The molecule has 0 saturated carbocycles. The number of hydrogen-bond donors (Lipinski definition) is 1. The molecule has 0 radical (unpaired) electrons. The van der Waals surface area contributed by atoms with E-state index in [1.165, 1.54) is 17.7 Å². The lowest BCUT2D eigenvalue weighted by Gasteiger charge is -2.10. The van der Waals surface area contributed by atoms with Crippen LogP contribution >= 0.6 is 0 Å². The Morgan fingerprint density at radius 1 is 1.20 bits per heavy atom. The van der Waals surface area contributed by atoms with E-state index in [-0.39, 0.29) is 0 Å². The van der Waals surface area contributed by atoms with E-state index in [9.17, 15) is 14.5 Å². The SMILES string of the molecule is Cc1ccc(NCc2ccc([N+](=O)[O-])c(F)c2)c(C)c1. The van der Waals surface area contributed by atoms with Crippen molar-refractivity contribution < 1.29 is 9.31 Å². The zero-order valence-corrected chi connectivity index (χ0v) is 11.3. The Bertz CT molecular complexity index is 656. The average Bonchev–Trinajstić information content (AvgIpc) is 2.37. The monoisotopic (exact) mass is 274 g/mol. The van der Waals surface area contributed by atoms with Crippen molar-refractivity contribution in [1.82, 2.24) is 0 Å². The van der Waals surface area contributed by atoms with Crippen molar-refractivity contribution in [2.45, 2.75) is 20.4 Å². The molecule has 20 heavy (non-hydrogen) atoms. The predicted octanol–water partition coefficient (Wildman–Crippen LogP) is 3.96. The number of anilines is 1. The van der Waals surface area contributed by atoms with E-state index < -0.39 is 16.4 Å². The van der Waals surface area contributed by atoms with Crippen molar-refractivity contribution >= 4 is 11.4 Å². The number of hydrogen-bond acceptors (Lipinski definition) is 3. The van der Waals surface area contributed by atoms with Gasteiger partial charge in [-0.2, -0.15) is 4.39 Å². The largest absolute Gasteiger partial charge is 0.381 e.